The van der Waals surface area contributed by atoms with Gasteiger partial charge in [-0.05, 0) is 97.7 Å². The van der Waals surface area contributed by atoms with Crippen molar-refractivity contribution in [3.05, 3.63) is 99.6 Å². The second kappa shape index (κ2) is 13.7. The fourth-order valence-electron chi connectivity index (χ4n) is 10.0. The van der Waals surface area contributed by atoms with Crippen molar-refractivity contribution in [1.29, 1.82) is 0 Å². The van der Waals surface area contributed by atoms with Gasteiger partial charge in [0.15, 0.2) is 11.5 Å². The lowest BCUT2D eigenvalue weighted by molar-refractivity contribution is -0.143. The minimum Gasteiger partial charge on any atom is -0.504 e. The van der Waals surface area contributed by atoms with Gasteiger partial charge in [0.05, 0.1) is 52.0 Å². The Bertz CT molecular complexity index is 2760. The number of hydrogen-bond acceptors (Lipinski definition) is 8. The largest absolute Gasteiger partial charge is 0.504 e. The first-order valence-electron chi connectivity index (χ1n) is 19.0. The Kier molecular flexibility index (Phi) is 9.12. The number of carbonyl (C=O) groups excluding carboxylic acids is 4. The fourth-order valence-corrected chi connectivity index (χ4v) is 11.3. The summed E-state index contributed by atoms with van der Waals surface area (Å²) in [5.74, 6) is -8.79. The molecule has 2 saturated heterocycles. The molecule has 6 atom stereocenters. The summed E-state index contributed by atoms with van der Waals surface area (Å²) >= 11 is 7.74. The second-order valence-corrected chi connectivity index (χ2v) is 17.6. The lowest BCUT2D eigenvalue weighted by Gasteiger charge is -2.49. The zero-order valence-electron chi connectivity index (χ0n) is 32.5. The van der Waals surface area contributed by atoms with Gasteiger partial charge in [0.25, 0.3) is 0 Å². The maximum absolute atomic E-state index is 15.1. The van der Waals surface area contributed by atoms with Crippen molar-refractivity contribution in [2.24, 2.45) is 36.1 Å². The molecule has 2 aliphatic heterocycles. The number of phenolic OH excluding ortho intramolecular Hbond substituents is 1. The molecule has 1 saturated carbocycles. The first-order valence-corrected chi connectivity index (χ1v) is 20.2. The highest BCUT2D eigenvalue weighted by Crippen LogP contribution is 2.64. The van der Waals surface area contributed by atoms with Gasteiger partial charge in [0.2, 0.25) is 23.6 Å². The number of imide groups is 2. The number of rotatable bonds is 5. The predicted molar refractivity (Wildman–Crippen MR) is 212 cm³/mol. The number of allylic oxidation sites excluding steroid dienone is 2. The highest BCUT2D eigenvalue weighted by Gasteiger charge is 2.68. The number of benzene rings is 3. The van der Waals surface area contributed by atoms with E-state index in [4.69, 9.17) is 21.4 Å². The lowest BCUT2D eigenvalue weighted by Crippen LogP contribution is -2.49. The molecule has 4 aliphatic rings. The van der Waals surface area contributed by atoms with E-state index in [-0.39, 0.29) is 36.2 Å². The van der Waals surface area contributed by atoms with Crippen LogP contribution in [0.1, 0.15) is 47.9 Å². The number of phenols is 1. The van der Waals surface area contributed by atoms with Gasteiger partial charge in [-0.2, -0.15) is 31.4 Å². The molecule has 1 N–H and O–H groups in total. The minimum absolute atomic E-state index is 0.0438. The van der Waals surface area contributed by atoms with Crippen LogP contribution in [0.5, 0.6) is 11.5 Å². The van der Waals surface area contributed by atoms with Gasteiger partial charge in [-0.3, -0.25) is 23.9 Å². The minimum atomic E-state index is -5.24. The number of alkyl halides is 6. The van der Waals surface area contributed by atoms with E-state index in [0.29, 0.717) is 38.9 Å². The van der Waals surface area contributed by atoms with E-state index < -0.39 is 87.8 Å². The van der Waals surface area contributed by atoms with E-state index >= 15 is 4.79 Å². The number of aromatic hydroxyl groups is 1. The number of ether oxygens (including phenoxy) is 1. The van der Waals surface area contributed by atoms with Gasteiger partial charge in [-0.25, -0.2) is 9.80 Å². The maximum atomic E-state index is 15.1. The van der Waals surface area contributed by atoms with Crippen LogP contribution in [0.15, 0.2) is 72.3 Å². The molecule has 4 heterocycles. The van der Waals surface area contributed by atoms with Crippen molar-refractivity contribution in [3.63, 3.8) is 0 Å². The molecule has 0 bridgehead atoms. The number of amides is 4. The van der Waals surface area contributed by atoms with Crippen molar-refractivity contribution in [2.45, 2.75) is 45.0 Å². The lowest BCUT2D eigenvalue weighted by atomic mass is 9.51. The van der Waals surface area contributed by atoms with E-state index in [1.807, 2.05) is 19.1 Å². The van der Waals surface area contributed by atoms with Crippen LogP contribution in [-0.2, 0) is 38.6 Å². The van der Waals surface area contributed by atoms with E-state index in [0.717, 1.165) is 25.4 Å². The van der Waals surface area contributed by atoms with Crippen LogP contribution in [0, 0.1) is 36.0 Å². The number of thiophene rings is 1. The summed E-state index contributed by atoms with van der Waals surface area (Å²) < 4.78 is 91.3. The van der Waals surface area contributed by atoms with E-state index in [1.165, 1.54) is 35.3 Å². The van der Waals surface area contributed by atoms with Gasteiger partial charge >= 0.3 is 12.4 Å². The summed E-state index contributed by atoms with van der Waals surface area (Å²) in [5, 5.41) is 16.7. The number of carbonyl (C=O) groups is 4. The summed E-state index contributed by atoms with van der Waals surface area (Å²) in [6.45, 7) is 3.55. The Morgan fingerprint density at radius 2 is 1.57 bits per heavy atom. The third kappa shape index (κ3) is 6.01. The molecule has 5 aromatic rings. The number of aryl methyl sites for hydroxylation is 2. The first-order chi connectivity index (χ1) is 28.6. The third-order valence-electron chi connectivity index (χ3n) is 12.9. The SMILES string of the molecule is COc1cc([C@H]2C3=CC[C@@H]4C(=O)N(c5cc(C(F)(F)F)cc(C(F)(F)F)c5)C(=O)[C@@H]4[C@@H]3C[C@H]3C(=O)N(c4cc(-c5sc6ccc(Cl)cc6c5C)nn4C)C(=O)[C@@]23C)ccc1O. The van der Waals surface area contributed by atoms with Crippen molar-refractivity contribution < 1.29 is 55.4 Å². The molecular formula is C43H33ClF6N4O6S. The number of fused-ring (bicyclic) bond motifs is 5. The van der Waals surface area contributed by atoms with Gasteiger partial charge in [-0.15, -0.1) is 11.3 Å². The average molecular weight is 883 g/mol. The molecule has 18 heteroatoms. The predicted octanol–water partition coefficient (Wildman–Crippen LogP) is 9.45. The summed E-state index contributed by atoms with van der Waals surface area (Å²) in [5.41, 5.74) is -3.51. The van der Waals surface area contributed by atoms with Gasteiger partial charge in [-0.1, -0.05) is 29.3 Å². The molecular weight excluding hydrogens is 850 g/mol. The molecule has 61 heavy (non-hydrogen) atoms. The highest BCUT2D eigenvalue weighted by atomic mass is 35.5. The van der Waals surface area contributed by atoms with Crippen molar-refractivity contribution in [3.8, 4) is 22.1 Å². The van der Waals surface area contributed by atoms with Crippen LogP contribution in [0.25, 0.3) is 20.7 Å². The maximum Gasteiger partial charge on any atom is 0.416 e. The van der Waals surface area contributed by atoms with Crippen molar-refractivity contribution in [2.75, 3.05) is 16.9 Å². The number of halogens is 7. The average Bonchev–Trinajstić information content (AvgIpc) is 3.87. The number of hydrogen-bond donors (Lipinski definition) is 1. The van der Waals surface area contributed by atoms with Gasteiger partial charge in [0.1, 0.15) is 11.5 Å². The van der Waals surface area contributed by atoms with E-state index in [9.17, 15) is 45.8 Å². The van der Waals surface area contributed by atoms with Crippen LogP contribution in [0.3, 0.4) is 0 Å². The molecule has 4 amide bonds. The third-order valence-corrected chi connectivity index (χ3v) is 14.4. The second-order valence-electron chi connectivity index (χ2n) is 16.1. The van der Waals surface area contributed by atoms with Crippen LogP contribution in [0.2, 0.25) is 5.02 Å². The van der Waals surface area contributed by atoms with Gasteiger partial charge < -0.3 is 9.84 Å². The molecule has 0 unspecified atom stereocenters. The topological polar surface area (TPSA) is 122 Å². The summed E-state index contributed by atoms with van der Waals surface area (Å²) in [6.07, 6.45) is -9.09. The summed E-state index contributed by atoms with van der Waals surface area (Å²) in [6, 6.07) is 12.1. The Balaban J connectivity index is 1.15. The van der Waals surface area contributed by atoms with E-state index in [1.54, 1.807) is 38.2 Å². The zero-order chi connectivity index (χ0) is 43.8. The molecule has 2 aromatic heterocycles. The Morgan fingerprint density at radius 3 is 2.23 bits per heavy atom. The molecule has 0 radical (unpaired) electrons. The number of aromatic nitrogens is 2. The Morgan fingerprint density at radius 1 is 0.885 bits per heavy atom. The standard InChI is InChI=1S/C43H33ClF6N4O6S/c1-18-26-15-22(44)6-10-32(26)61-36(18)29-17-33(52(3)51-29)54-38(57)28-16-27-24(35(41(28,2)40(54)59)19-5-9-30(55)31(11-19)60-4)7-8-25-34(27)39(58)53(37(25)56)23-13-20(42(45,46)47)12-21(14-23)43(48,49)50/h5-7,9-15,17,25,27-28,34-35,55H,8,16H2,1-4H3/t25-,27+,28-,34-,35-,41+/m0/s1. The molecule has 3 fully saturated rings. The van der Waals surface area contributed by atoms with Crippen LogP contribution in [-0.4, -0.2) is 45.6 Å². The Labute approximate surface area is 351 Å². The Hall–Kier alpha value is -5.68. The van der Waals surface area contributed by atoms with Crippen LogP contribution >= 0.6 is 22.9 Å². The highest BCUT2D eigenvalue weighted by molar-refractivity contribution is 7.22. The first kappa shape index (κ1) is 40.7. The molecule has 2 aliphatic carbocycles. The number of anilines is 2. The normalized spacial score (nSPS) is 25.3. The van der Waals surface area contributed by atoms with Crippen molar-refractivity contribution >= 4 is 68.2 Å². The molecule has 316 valence electrons. The number of methoxy groups -OCH3 is 1. The van der Waals surface area contributed by atoms with Crippen LogP contribution < -0.4 is 14.5 Å². The number of nitrogens with zero attached hydrogens (tertiary/aromatic N) is 4. The van der Waals surface area contributed by atoms with E-state index in [2.05, 4.69) is 0 Å². The smallest absolute Gasteiger partial charge is 0.416 e. The fraction of sp³-hybridized carbons (Fsp3) is 0.326. The molecule has 10 nitrogen and oxygen atoms in total. The zero-order valence-corrected chi connectivity index (χ0v) is 34.1. The van der Waals surface area contributed by atoms with Gasteiger partial charge in [0, 0.05) is 28.8 Å². The van der Waals surface area contributed by atoms with Crippen LogP contribution in [0.4, 0.5) is 37.8 Å². The summed E-state index contributed by atoms with van der Waals surface area (Å²) in [4.78, 5) is 60.8. The summed E-state index contributed by atoms with van der Waals surface area (Å²) in [7, 11) is 2.92. The van der Waals surface area contributed by atoms with Crippen molar-refractivity contribution in [1.82, 2.24) is 9.78 Å². The molecule has 0 spiro atoms. The quantitative estimate of drug-likeness (QED) is 0.106. The monoisotopic (exact) mass is 882 g/mol. The molecule has 3 aromatic carbocycles. The molecule has 9 rings (SSSR count).